The molecular weight excluding hydrogens is 352 g/mol. The first-order chi connectivity index (χ1) is 12.7. The van der Waals surface area contributed by atoms with Crippen molar-refractivity contribution in [3.8, 4) is 11.5 Å². The molecule has 1 aliphatic heterocycles. The van der Waals surface area contributed by atoms with E-state index in [1.165, 1.54) is 0 Å². The molecule has 1 atom stereocenters. The number of carbonyl (C=O) groups is 1. The van der Waals surface area contributed by atoms with Crippen molar-refractivity contribution in [1.82, 2.24) is 10.6 Å². The topological polar surface area (TPSA) is 59.6 Å². The molecule has 1 amide bonds. The summed E-state index contributed by atoms with van der Waals surface area (Å²) >= 11 is 5.89. The van der Waals surface area contributed by atoms with Crippen molar-refractivity contribution in [3.05, 3.63) is 58.6 Å². The van der Waals surface area contributed by atoms with Crippen LogP contribution in [-0.4, -0.2) is 32.1 Å². The van der Waals surface area contributed by atoms with E-state index in [0.29, 0.717) is 28.7 Å². The van der Waals surface area contributed by atoms with Gasteiger partial charge < -0.3 is 20.1 Å². The van der Waals surface area contributed by atoms with E-state index in [-0.39, 0.29) is 11.9 Å². The van der Waals surface area contributed by atoms with Gasteiger partial charge in [0.25, 0.3) is 5.91 Å². The van der Waals surface area contributed by atoms with Crippen LogP contribution in [0.25, 0.3) is 0 Å². The van der Waals surface area contributed by atoms with E-state index < -0.39 is 0 Å². The van der Waals surface area contributed by atoms with Gasteiger partial charge >= 0.3 is 0 Å². The van der Waals surface area contributed by atoms with Crippen molar-refractivity contribution < 1.29 is 14.3 Å². The van der Waals surface area contributed by atoms with E-state index >= 15 is 0 Å². The van der Waals surface area contributed by atoms with Crippen LogP contribution in [0.15, 0.2) is 42.5 Å². The summed E-state index contributed by atoms with van der Waals surface area (Å²) in [7, 11) is 1.57. The maximum Gasteiger partial charge on any atom is 0.251 e. The molecule has 0 aliphatic carbocycles. The lowest BCUT2D eigenvalue weighted by Crippen LogP contribution is -2.45. The first kappa shape index (κ1) is 18.5. The first-order valence-corrected chi connectivity index (χ1v) is 9.10. The van der Waals surface area contributed by atoms with Gasteiger partial charge in [0.05, 0.1) is 7.11 Å². The van der Waals surface area contributed by atoms with Crippen LogP contribution in [0.4, 0.5) is 0 Å². The number of methoxy groups -OCH3 is 1. The lowest BCUT2D eigenvalue weighted by molar-refractivity contribution is 0.0930. The molecular formula is C20H23ClN2O3. The van der Waals surface area contributed by atoms with Crippen LogP contribution in [0, 0.1) is 0 Å². The van der Waals surface area contributed by atoms with Crippen LogP contribution in [0.5, 0.6) is 11.5 Å². The zero-order valence-corrected chi connectivity index (χ0v) is 15.5. The summed E-state index contributed by atoms with van der Waals surface area (Å²) in [6.45, 7) is 2.22. The van der Waals surface area contributed by atoms with Gasteiger partial charge in [-0.1, -0.05) is 23.7 Å². The zero-order valence-electron chi connectivity index (χ0n) is 14.8. The number of carbonyl (C=O) groups excluding carboxylic acids is 1. The molecule has 0 radical (unpaired) electrons. The van der Waals surface area contributed by atoms with E-state index in [1.807, 2.05) is 24.3 Å². The molecule has 138 valence electrons. The van der Waals surface area contributed by atoms with Crippen molar-refractivity contribution in [2.24, 2.45) is 0 Å². The van der Waals surface area contributed by atoms with E-state index in [1.54, 1.807) is 25.3 Å². The molecule has 1 aliphatic rings. The Bertz CT molecular complexity index is 743. The van der Waals surface area contributed by atoms with E-state index in [0.717, 1.165) is 31.5 Å². The third-order valence-electron chi connectivity index (χ3n) is 4.37. The van der Waals surface area contributed by atoms with Crippen LogP contribution in [0.2, 0.25) is 5.02 Å². The van der Waals surface area contributed by atoms with Crippen LogP contribution in [0.1, 0.15) is 28.8 Å². The summed E-state index contributed by atoms with van der Waals surface area (Å²) in [5.74, 6) is 1.04. The Morgan fingerprint density at radius 2 is 2.04 bits per heavy atom. The standard InChI is InChI=1S/C20H23ClN2O3/c1-25-19-11-15(20(24)23-17-3-2-10-22-12-17)6-9-18(19)26-13-14-4-7-16(21)8-5-14/h4-9,11,17,22H,2-3,10,12-13H2,1H3,(H,23,24)/t17-/m0/s1. The number of benzene rings is 2. The Morgan fingerprint density at radius 3 is 2.73 bits per heavy atom. The van der Waals surface area contributed by atoms with Gasteiger partial charge in [0.15, 0.2) is 11.5 Å². The van der Waals surface area contributed by atoms with Gasteiger partial charge in [-0.05, 0) is 55.3 Å². The molecule has 26 heavy (non-hydrogen) atoms. The fraction of sp³-hybridized carbons (Fsp3) is 0.350. The number of halogens is 1. The quantitative estimate of drug-likeness (QED) is 0.813. The molecule has 1 saturated heterocycles. The van der Waals surface area contributed by atoms with Gasteiger partial charge in [0.1, 0.15) is 6.61 Å². The molecule has 3 rings (SSSR count). The fourth-order valence-corrected chi connectivity index (χ4v) is 3.04. The van der Waals surface area contributed by atoms with Crippen LogP contribution >= 0.6 is 11.6 Å². The monoisotopic (exact) mass is 374 g/mol. The number of rotatable bonds is 6. The number of ether oxygens (including phenoxy) is 2. The molecule has 2 aromatic rings. The summed E-state index contributed by atoms with van der Waals surface area (Å²) in [5, 5.41) is 7.04. The van der Waals surface area contributed by atoms with Crippen molar-refractivity contribution in [2.75, 3.05) is 20.2 Å². The average molecular weight is 375 g/mol. The Morgan fingerprint density at radius 1 is 1.23 bits per heavy atom. The largest absolute Gasteiger partial charge is 0.493 e. The molecule has 0 bridgehead atoms. The Hall–Kier alpha value is -2.24. The minimum Gasteiger partial charge on any atom is -0.493 e. The minimum absolute atomic E-state index is 0.0961. The summed E-state index contributed by atoms with van der Waals surface area (Å²) in [5.41, 5.74) is 1.56. The van der Waals surface area contributed by atoms with Crippen LogP contribution in [0.3, 0.4) is 0 Å². The molecule has 0 unspecified atom stereocenters. The second-order valence-electron chi connectivity index (χ2n) is 6.30. The van der Waals surface area contributed by atoms with Crippen molar-refractivity contribution in [1.29, 1.82) is 0 Å². The summed E-state index contributed by atoms with van der Waals surface area (Å²) in [6.07, 6.45) is 2.07. The summed E-state index contributed by atoms with van der Waals surface area (Å²) in [6, 6.07) is 12.9. The highest BCUT2D eigenvalue weighted by Gasteiger charge is 2.17. The van der Waals surface area contributed by atoms with Crippen molar-refractivity contribution in [3.63, 3.8) is 0 Å². The van der Waals surface area contributed by atoms with Gasteiger partial charge in [0, 0.05) is 23.2 Å². The molecule has 1 heterocycles. The van der Waals surface area contributed by atoms with Crippen molar-refractivity contribution in [2.45, 2.75) is 25.5 Å². The first-order valence-electron chi connectivity index (χ1n) is 8.72. The number of piperidine rings is 1. The van der Waals surface area contributed by atoms with E-state index in [4.69, 9.17) is 21.1 Å². The zero-order chi connectivity index (χ0) is 18.4. The van der Waals surface area contributed by atoms with Crippen LogP contribution < -0.4 is 20.1 Å². The molecule has 1 fully saturated rings. The predicted octanol–water partition coefficient (Wildman–Crippen LogP) is 3.41. The molecule has 2 aromatic carbocycles. The predicted molar refractivity (Wildman–Crippen MR) is 102 cm³/mol. The maximum absolute atomic E-state index is 12.5. The van der Waals surface area contributed by atoms with Crippen molar-refractivity contribution >= 4 is 17.5 Å². The number of hydrogen-bond acceptors (Lipinski definition) is 4. The smallest absolute Gasteiger partial charge is 0.251 e. The highest BCUT2D eigenvalue weighted by molar-refractivity contribution is 6.30. The molecule has 5 nitrogen and oxygen atoms in total. The molecule has 0 saturated carbocycles. The van der Waals surface area contributed by atoms with E-state index in [9.17, 15) is 4.79 Å². The average Bonchev–Trinajstić information content (AvgIpc) is 2.68. The van der Waals surface area contributed by atoms with Gasteiger partial charge in [-0.3, -0.25) is 4.79 Å². The SMILES string of the molecule is COc1cc(C(=O)N[C@H]2CCCNC2)ccc1OCc1ccc(Cl)cc1. The van der Waals surface area contributed by atoms with E-state index in [2.05, 4.69) is 10.6 Å². The second kappa shape index (κ2) is 8.92. The van der Waals surface area contributed by atoms with Gasteiger partial charge in [0.2, 0.25) is 0 Å². The summed E-state index contributed by atoms with van der Waals surface area (Å²) in [4.78, 5) is 12.5. The number of hydrogen-bond donors (Lipinski definition) is 2. The van der Waals surface area contributed by atoms with Gasteiger partial charge in [-0.15, -0.1) is 0 Å². The molecule has 6 heteroatoms. The molecule has 2 N–H and O–H groups in total. The minimum atomic E-state index is -0.0961. The molecule has 0 spiro atoms. The second-order valence-corrected chi connectivity index (χ2v) is 6.73. The summed E-state index contributed by atoms with van der Waals surface area (Å²) < 4.78 is 11.2. The van der Waals surface area contributed by atoms with Gasteiger partial charge in [-0.25, -0.2) is 0 Å². The number of amides is 1. The highest BCUT2D eigenvalue weighted by Crippen LogP contribution is 2.29. The fourth-order valence-electron chi connectivity index (χ4n) is 2.91. The molecule has 0 aromatic heterocycles. The maximum atomic E-state index is 12.5. The number of nitrogens with one attached hydrogen (secondary N) is 2. The van der Waals surface area contributed by atoms with Gasteiger partial charge in [-0.2, -0.15) is 0 Å². The van der Waals surface area contributed by atoms with Crippen LogP contribution in [-0.2, 0) is 6.61 Å². The third kappa shape index (κ3) is 4.90. The lowest BCUT2D eigenvalue weighted by atomic mass is 10.1. The Balaban J connectivity index is 1.64. The third-order valence-corrected chi connectivity index (χ3v) is 4.62. The Kier molecular flexibility index (Phi) is 6.36. The Labute approximate surface area is 158 Å². The normalized spacial score (nSPS) is 16.8. The highest BCUT2D eigenvalue weighted by atomic mass is 35.5. The lowest BCUT2D eigenvalue weighted by Gasteiger charge is -2.24.